The Morgan fingerprint density at radius 3 is 2.09 bits per heavy atom. The SMILES string of the molecule is CC1(C)C=C(CN2CCN(Cc3ccc(-n4[se]c5ccccc5c4=O)cc3)CC2)C(C)(C)N1O. The molecule has 0 bridgehead atoms. The smallest absolute Gasteiger partial charge is 0.0635 e. The van der Waals surface area contributed by atoms with Crippen LogP contribution in [0.3, 0.4) is 0 Å². The van der Waals surface area contributed by atoms with Crippen molar-refractivity contribution in [1.29, 1.82) is 0 Å². The first-order valence-corrected chi connectivity index (χ1v) is 13.6. The van der Waals surface area contributed by atoms with Crippen LogP contribution >= 0.6 is 0 Å². The molecule has 0 amide bonds. The Kier molecular flexibility index (Phi) is 6.22. The van der Waals surface area contributed by atoms with Gasteiger partial charge in [0.15, 0.2) is 0 Å². The normalized spacial score (nSPS) is 21.3. The average molecular weight is 526 g/mol. The zero-order valence-corrected chi connectivity index (χ0v) is 22.2. The summed E-state index contributed by atoms with van der Waals surface area (Å²) in [7, 11) is 0. The third kappa shape index (κ3) is 4.37. The van der Waals surface area contributed by atoms with Gasteiger partial charge >= 0.3 is 153 Å². The largest absolute Gasteiger partial charge is 0.312 e. The minimum absolute atomic E-state index is 0.0110. The maximum Gasteiger partial charge on any atom is 0.0635 e. The molecule has 1 N–H and O–H groups in total. The fourth-order valence-corrected chi connectivity index (χ4v) is 7.34. The van der Waals surface area contributed by atoms with Crippen molar-refractivity contribution in [3.05, 3.63) is 76.1 Å². The van der Waals surface area contributed by atoms with Crippen LogP contribution in [0.1, 0.15) is 33.3 Å². The van der Waals surface area contributed by atoms with Gasteiger partial charge < -0.3 is 5.21 Å². The van der Waals surface area contributed by atoms with E-state index in [9.17, 15) is 10.0 Å². The Balaban J connectivity index is 1.19. The van der Waals surface area contributed by atoms with E-state index in [1.54, 1.807) is 0 Å². The summed E-state index contributed by atoms with van der Waals surface area (Å²) in [6.07, 6.45) is 2.23. The fraction of sp³-hybridized carbons (Fsp3) is 0.444. The molecule has 3 aromatic rings. The number of rotatable bonds is 5. The molecule has 7 heteroatoms. The molecule has 34 heavy (non-hydrogen) atoms. The van der Waals surface area contributed by atoms with Crippen LogP contribution in [-0.4, -0.2) is 82.2 Å². The summed E-state index contributed by atoms with van der Waals surface area (Å²) in [6, 6.07) is 16.4. The van der Waals surface area contributed by atoms with E-state index in [0.29, 0.717) is 0 Å². The molecule has 2 aromatic carbocycles. The molecular formula is C27H34N4O2Se. The van der Waals surface area contributed by atoms with Crippen molar-refractivity contribution in [3.8, 4) is 5.69 Å². The van der Waals surface area contributed by atoms with Crippen LogP contribution in [0, 0.1) is 0 Å². The van der Waals surface area contributed by atoms with E-state index < -0.39 is 0 Å². The van der Waals surface area contributed by atoms with Crippen molar-refractivity contribution < 1.29 is 5.21 Å². The van der Waals surface area contributed by atoms with Crippen LogP contribution in [0.4, 0.5) is 0 Å². The number of nitrogens with zero attached hydrogens (tertiary/aromatic N) is 4. The van der Waals surface area contributed by atoms with Crippen LogP contribution in [0.2, 0.25) is 0 Å². The van der Waals surface area contributed by atoms with Gasteiger partial charge in [-0.3, -0.25) is 0 Å². The topological polar surface area (TPSA) is 52.0 Å². The fourth-order valence-electron chi connectivity index (χ4n) is 5.24. The van der Waals surface area contributed by atoms with E-state index in [1.807, 2.05) is 21.8 Å². The van der Waals surface area contributed by atoms with Crippen LogP contribution in [0.5, 0.6) is 0 Å². The summed E-state index contributed by atoms with van der Waals surface area (Å²) < 4.78 is 3.09. The van der Waals surface area contributed by atoms with E-state index >= 15 is 0 Å². The molecule has 0 spiro atoms. The first kappa shape index (κ1) is 23.7. The van der Waals surface area contributed by atoms with Crippen molar-refractivity contribution in [2.45, 2.75) is 45.3 Å². The summed E-state index contributed by atoms with van der Waals surface area (Å²) >= 11 is 0.0110. The standard InChI is InChI=1S/C27H34N4O2Se/c1-26(2)17-21(27(3,4)31(26)33)19-29-15-13-28(14-16-29)18-20-9-11-22(12-10-20)30-25(32)23-7-5-6-8-24(23)34-30/h5-12,17,33H,13-16,18-19H2,1-4H3. The first-order chi connectivity index (χ1) is 16.1. The molecule has 180 valence electrons. The number of hydrogen-bond donors (Lipinski definition) is 1. The number of aromatic nitrogens is 1. The van der Waals surface area contributed by atoms with E-state index in [2.05, 4.69) is 73.9 Å². The molecule has 6 nitrogen and oxygen atoms in total. The third-order valence-electron chi connectivity index (χ3n) is 7.32. The molecule has 3 heterocycles. The minimum atomic E-state index is -0.332. The Labute approximate surface area is 207 Å². The van der Waals surface area contributed by atoms with Crippen LogP contribution in [-0.2, 0) is 6.54 Å². The molecule has 1 saturated heterocycles. The van der Waals surface area contributed by atoms with Gasteiger partial charge in [0, 0.05) is 0 Å². The van der Waals surface area contributed by atoms with Crippen LogP contribution in [0.25, 0.3) is 15.3 Å². The molecule has 2 aliphatic heterocycles. The number of benzene rings is 2. The maximum atomic E-state index is 12.8. The summed E-state index contributed by atoms with van der Waals surface area (Å²) in [4.78, 5) is 17.8. The van der Waals surface area contributed by atoms with Crippen molar-refractivity contribution in [2.75, 3.05) is 32.7 Å². The quantitative estimate of drug-likeness (QED) is 0.409. The van der Waals surface area contributed by atoms with E-state index in [-0.39, 0.29) is 31.4 Å². The number of hydrogen-bond acceptors (Lipinski definition) is 5. The monoisotopic (exact) mass is 526 g/mol. The predicted octanol–water partition coefficient (Wildman–Crippen LogP) is 3.35. The first-order valence-electron chi connectivity index (χ1n) is 12.0. The van der Waals surface area contributed by atoms with Gasteiger partial charge in [-0.15, -0.1) is 0 Å². The predicted molar refractivity (Wildman–Crippen MR) is 138 cm³/mol. The number of piperazine rings is 1. The molecule has 5 rings (SSSR count). The molecule has 0 saturated carbocycles. The van der Waals surface area contributed by atoms with Crippen molar-refractivity contribution in [2.24, 2.45) is 0 Å². The Bertz CT molecular complexity index is 1260. The van der Waals surface area contributed by atoms with Crippen LogP contribution in [0.15, 0.2) is 65.0 Å². The van der Waals surface area contributed by atoms with Crippen LogP contribution < -0.4 is 5.56 Å². The van der Waals surface area contributed by atoms with Gasteiger partial charge in [0.25, 0.3) is 0 Å². The van der Waals surface area contributed by atoms with Gasteiger partial charge in [0.2, 0.25) is 0 Å². The summed E-state index contributed by atoms with van der Waals surface area (Å²) in [5.41, 5.74) is 3.03. The van der Waals surface area contributed by atoms with Crippen molar-refractivity contribution in [1.82, 2.24) is 18.4 Å². The number of fused-ring (bicyclic) bond motifs is 1. The van der Waals surface area contributed by atoms with E-state index in [4.69, 9.17) is 0 Å². The van der Waals surface area contributed by atoms with Crippen molar-refractivity contribution >= 4 is 24.4 Å². The molecule has 2 aliphatic rings. The maximum absolute atomic E-state index is 12.8. The Hall–Kier alpha value is -1.99. The zero-order chi connectivity index (χ0) is 24.1. The molecule has 1 aromatic heterocycles. The van der Waals surface area contributed by atoms with Gasteiger partial charge in [0.05, 0.1) is 11.1 Å². The molecule has 0 radical (unpaired) electrons. The second-order valence-electron chi connectivity index (χ2n) is 10.6. The van der Waals surface area contributed by atoms with Gasteiger partial charge in [-0.1, -0.05) is 6.08 Å². The van der Waals surface area contributed by atoms with Gasteiger partial charge in [-0.25, -0.2) is 0 Å². The van der Waals surface area contributed by atoms with Crippen molar-refractivity contribution in [3.63, 3.8) is 0 Å². The molecular weight excluding hydrogens is 491 g/mol. The Morgan fingerprint density at radius 2 is 1.50 bits per heavy atom. The summed E-state index contributed by atoms with van der Waals surface area (Å²) in [6.45, 7) is 14.3. The van der Waals surface area contributed by atoms with E-state index in [0.717, 1.165) is 54.6 Å². The average Bonchev–Trinajstić information content (AvgIpc) is 3.23. The second kappa shape index (κ2) is 8.90. The molecule has 0 unspecified atom stereocenters. The summed E-state index contributed by atoms with van der Waals surface area (Å²) in [5, 5.41) is 12.9. The van der Waals surface area contributed by atoms with E-state index in [1.165, 1.54) is 16.2 Å². The summed E-state index contributed by atoms with van der Waals surface area (Å²) in [5.74, 6) is 0. The Morgan fingerprint density at radius 1 is 0.882 bits per heavy atom. The number of hydroxylamine groups is 2. The molecule has 0 atom stereocenters. The third-order valence-corrected chi connectivity index (χ3v) is 9.65. The second-order valence-corrected chi connectivity index (χ2v) is 12.7. The molecule has 0 aliphatic carbocycles. The van der Waals surface area contributed by atoms with Gasteiger partial charge in [-0.2, -0.15) is 5.06 Å². The van der Waals surface area contributed by atoms with Gasteiger partial charge in [0.1, 0.15) is 0 Å². The molecule has 1 fully saturated rings. The van der Waals surface area contributed by atoms with Gasteiger partial charge in [-0.05, 0) is 27.7 Å². The zero-order valence-electron chi connectivity index (χ0n) is 20.5. The minimum Gasteiger partial charge on any atom is -0.312 e.